The summed E-state index contributed by atoms with van der Waals surface area (Å²) in [5.41, 5.74) is 1.75. The van der Waals surface area contributed by atoms with Crippen molar-refractivity contribution in [2.75, 3.05) is 40.0 Å². The lowest BCUT2D eigenvalue weighted by molar-refractivity contribution is 0.156. The standard InChI is InChI=1S/C21H31N3O2/c1-4-22-19(24-11-9-21(14-24)10-12-26-15-21)23-18-13-20(18,2)16-7-5-6-8-17(16)25-3/h5-8,18H,4,9-15H2,1-3H3,(H,22,23). The molecule has 0 radical (unpaired) electrons. The Bertz CT molecular complexity index is 684. The van der Waals surface area contributed by atoms with Crippen molar-refractivity contribution in [1.29, 1.82) is 0 Å². The first kappa shape index (κ1) is 17.7. The summed E-state index contributed by atoms with van der Waals surface area (Å²) in [5.74, 6) is 2.05. The van der Waals surface area contributed by atoms with Gasteiger partial charge in [-0.2, -0.15) is 0 Å². The fourth-order valence-electron chi connectivity index (χ4n) is 4.62. The highest BCUT2D eigenvalue weighted by atomic mass is 16.5. The van der Waals surface area contributed by atoms with Crippen LogP contribution in [0, 0.1) is 5.41 Å². The van der Waals surface area contributed by atoms with E-state index in [1.807, 2.05) is 6.07 Å². The number of hydrogen-bond acceptors (Lipinski definition) is 3. The van der Waals surface area contributed by atoms with Gasteiger partial charge in [-0.3, -0.25) is 4.99 Å². The number of guanidine groups is 1. The molecule has 2 heterocycles. The number of aliphatic imine (C=N–C) groups is 1. The molecule has 3 atom stereocenters. The third-order valence-electron chi connectivity index (χ3n) is 6.49. The molecule has 0 amide bonds. The lowest BCUT2D eigenvalue weighted by Gasteiger charge is -2.26. The molecule has 1 aliphatic carbocycles. The fraction of sp³-hybridized carbons (Fsp3) is 0.667. The van der Waals surface area contributed by atoms with E-state index >= 15 is 0 Å². The topological polar surface area (TPSA) is 46.1 Å². The molecule has 142 valence electrons. The Morgan fingerprint density at radius 2 is 2.23 bits per heavy atom. The van der Waals surface area contributed by atoms with Crippen LogP contribution in [0.5, 0.6) is 5.75 Å². The second-order valence-corrected chi connectivity index (χ2v) is 8.29. The highest BCUT2D eigenvalue weighted by molar-refractivity contribution is 5.81. The molecule has 2 saturated heterocycles. The number of ether oxygens (including phenoxy) is 2. The number of nitrogens with one attached hydrogen (secondary N) is 1. The van der Waals surface area contributed by atoms with Crippen LogP contribution < -0.4 is 10.1 Å². The summed E-state index contributed by atoms with van der Waals surface area (Å²) < 4.78 is 11.3. The van der Waals surface area contributed by atoms with E-state index in [2.05, 4.69) is 42.3 Å². The van der Waals surface area contributed by atoms with Crippen molar-refractivity contribution in [2.45, 2.75) is 44.6 Å². The number of benzene rings is 1. The Kier molecular flexibility index (Phi) is 4.59. The van der Waals surface area contributed by atoms with E-state index in [4.69, 9.17) is 14.5 Å². The summed E-state index contributed by atoms with van der Waals surface area (Å²) >= 11 is 0. The van der Waals surface area contributed by atoms with Gasteiger partial charge >= 0.3 is 0 Å². The Balaban J connectivity index is 1.46. The van der Waals surface area contributed by atoms with Crippen molar-refractivity contribution in [2.24, 2.45) is 10.4 Å². The molecule has 1 saturated carbocycles. The third-order valence-corrected chi connectivity index (χ3v) is 6.49. The molecule has 0 bridgehead atoms. The molecule has 5 nitrogen and oxygen atoms in total. The SMILES string of the molecule is CCN=C(NC1CC1(C)c1ccccc1OC)N1CCC2(CCOC2)C1. The molecule has 3 unspecified atom stereocenters. The van der Waals surface area contributed by atoms with Crippen molar-refractivity contribution in [3.63, 3.8) is 0 Å². The maximum atomic E-state index is 5.68. The molecule has 3 fully saturated rings. The van der Waals surface area contributed by atoms with Crippen LogP contribution in [0.15, 0.2) is 29.3 Å². The third kappa shape index (κ3) is 3.07. The Morgan fingerprint density at radius 3 is 2.96 bits per heavy atom. The average Bonchev–Trinajstić information content (AvgIpc) is 3.03. The van der Waals surface area contributed by atoms with Crippen LogP contribution in [0.4, 0.5) is 0 Å². The van der Waals surface area contributed by atoms with Gasteiger partial charge in [-0.1, -0.05) is 25.1 Å². The molecule has 1 N–H and O–H groups in total. The van der Waals surface area contributed by atoms with Crippen LogP contribution in [0.1, 0.15) is 38.7 Å². The number of nitrogens with zero attached hydrogens (tertiary/aromatic N) is 2. The van der Waals surface area contributed by atoms with Crippen LogP contribution in [0.25, 0.3) is 0 Å². The maximum absolute atomic E-state index is 5.68. The zero-order valence-electron chi connectivity index (χ0n) is 16.3. The lowest BCUT2D eigenvalue weighted by Crippen LogP contribution is -2.44. The van der Waals surface area contributed by atoms with Crippen LogP contribution in [-0.4, -0.2) is 56.9 Å². The van der Waals surface area contributed by atoms with Gasteiger partial charge in [-0.15, -0.1) is 0 Å². The van der Waals surface area contributed by atoms with Crippen molar-refractivity contribution in [1.82, 2.24) is 10.2 Å². The summed E-state index contributed by atoms with van der Waals surface area (Å²) in [7, 11) is 1.75. The summed E-state index contributed by atoms with van der Waals surface area (Å²) in [6.07, 6.45) is 3.51. The van der Waals surface area contributed by atoms with Crippen molar-refractivity contribution < 1.29 is 9.47 Å². The van der Waals surface area contributed by atoms with Crippen molar-refractivity contribution >= 4 is 5.96 Å². The van der Waals surface area contributed by atoms with Crippen LogP contribution >= 0.6 is 0 Å². The van der Waals surface area contributed by atoms with Crippen LogP contribution in [0.3, 0.4) is 0 Å². The zero-order chi connectivity index (χ0) is 18.2. The highest BCUT2D eigenvalue weighted by Gasteiger charge is 2.54. The molecule has 26 heavy (non-hydrogen) atoms. The second-order valence-electron chi connectivity index (χ2n) is 8.29. The number of likely N-dealkylation sites (tertiary alicyclic amines) is 1. The number of methoxy groups -OCH3 is 1. The highest BCUT2D eigenvalue weighted by Crippen LogP contribution is 2.51. The molecule has 1 spiro atoms. The summed E-state index contributed by atoms with van der Waals surface area (Å²) in [4.78, 5) is 7.25. The van der Waals surface area contributed by atoms with Gasteiger partial charge in [0.05, 0.1) is 13.7 Å². The van der Waals surface area contributed by atoms with E-state index in [9.17, 15) is 0 Å². The first-order valence-electron chi connectivity index (χ1n) is 9.87. The van der Waals surface area contributed by atoms with Gasteiger partial charge in [-0.25, -0.2) is 0 Å². The minimum Gasteiger partial charge on any atom is -0.496 e. The summed E-state index contributed by atoms with van der Waals surface area (Å²) in [6.45, 7) is 9.20. The molecule has 5 heteroatoms. The molecule has 0 aromatic heterocycles. The molecule has 2 aliphatic heterocycles. The van der Waals surface area contributed by atoms with E-state index in [-0.39, 0.29) is 5.41 Å². The minimum absolute atomic E-state index is 0.106. The normalized spacial score (nSPS) is 33.7. The summed E-state index contributed by atoms with van der Waals surface area (Å²) in [6, 6.07) is 8.79. The quantitative estimate of drug-likeness (QED) is 0.665. The molecule has 3 aliphatic rings. The minimum atomic E-state index is 0.106. The first-order valence-corrected chi connectivity index (χ1v) is 9.87. The van der Waals surface area contributed by atoms with Gasteiger partial charge in [0.2, 0.25) is 0 Å². The average molecular weight is 357 g/mol. The number of hydrogen-bond donors (Lipinski definition) is 1. The Hall–Kier alpha value is -1.75. The van der Waals surface area contributed by atoms with Crippen LogP contribution in [0.2, 0.25) is 0 Å². The van der Waals surface area contributed by atoms with Gasteiger partial charge in [0, 0.05) is 48.7 Å². The predicted molar refractivity (Wildman–Crippen MR) is 104 cm³/mol. The predicted octanol–water partition coefficient (Wildman–Crippen LogP) is 2.80. The smallest absolute Gasteiger partial charge is 0.194 e. The van der Waals surface area contributed by atoms with Gasteiger partial charge in [0.15, 0.2) is 5.96 Å². The van der Waals surface area contributed by atoms with Gasteiger partial charge in [0.1, 0.15) is 5.75 Å². The number of rotatable bonds is 4. The van der Waals surface area contributed by atoms with E-state index < -0.39 is 0 Å². The molecule has 4 rings (SSSR count). The van der Waals surface area contributed by atoms with E-state index in [0.717, 1.165) is 51.0 Å². The van der Waals surface area contributed by atoms with E-state index in [1.54, 1.807) is 7.11 Å². The van der Waals surface area contributed by atoms with Gasteiger partial charge < -0.3 is 19.7 Å². The van der Waals surface area contributed by atoms with E-state index in [1.165, 1.54) is 18.4 Å². The van der Waals surface area contributed by atoms with Crippen molar-refractivity contribution in [3.8, 4) is 5.75 Å². The van der Waals surface area contributed by atoms with Crippen molar-refractivity contribution in [3.05, 3.63) is 29.8 Å². The Labute approximate surface area is 156 Å². The largest absolute Gasteiger partial charge is 0.496 e. The maximum Gasteiger partial charge on any atom is 0.194 e. The molecular weight excluding hydrogens is 326 g/mol. The fourth-order valence-corrected chi connectivity index (χ4v) is 4.62. The van der Waals surface area contributed by atoms with Gasteiger partial charge in [-0.05, 0) is 32.3 Å². The molecule has 1 aromatic rings. The van der Waals surface area contributed by atoms with Crippen LogP contribution in [-0.2, 0) is 10.2 Å². The second kappa shape index (κ2) is 6.76. The number of para-hydroxylation sites is 1. The zero-order valence-corrected chi connectivity index (χ0v) is 16.3. The van der Waals surface area contributed by atoms with Gasteiger partial charge in [0.25, 0.3) is 0 Å². The summed E-state index contributed by atoms with van der Waals surface area (Å²) in [5, 5.41) is 3.76. The Morgan fingerprint density at radius 1 is 1.38 bits per heavy atom. The van der Waals surface area contributed by atoms with E-state index in [0.29, 0.717) is 11.5 Å². The molecular formula is C21H31N3O2. The monoisotopic (exact) mass is 357 g/mol. The molecule has 1 aromatic carbocycles. The first-order chi connectivity index (χ1) is 12.6. The lowest BCUT2D eigenvalue weighted by atomic mass is 9.87.